The second-order valence-electron chi connectivity index (χ2n) is 6.70. The highest BCUT2D eigenvalue weighted by Crippen LogP contribution is 2.31. The highest BCUT2D eigenvalue weighted by Gasteiger charge is 2.15. The van der Waals surface area contributed by atoms with Crippen LogP contribution in [-0.2, 0) is 0 Å². The van der Waals surface area contributed by atoms with E-state index in [9.17, 15) is 4.79 Å². The van der Waals surface area contributed by atoms with Gasteiger partial charge in [-0.05, 0) is 60.7 Å². The van der Waals surface area contributed by atoms with E-state index in [0.29, 0.717) is 41.5 Å². The molecule has 0 saturated heterocycles. The van der Waals surface area contributed by atoms with Crippen molar-refractivity contribution >= 4 is 22.6 Å². The first kappa shape index (κ1) is 18.0. The number of anilines is 1. The molecule has 4 aromatic rings. The summed E-state index contributed by atoms with van der Waals surface area (Å²) in [5.74, 6) is 1.75. The first-order chi connectivity index (χ1) is 14.7. The molecule has 0 atom stereocenters. The Morgan fingerprint density at radius 1 is 0.933 bits per heavy atom. The van der Waals surface area contributed by atoms with Gasteiger partial charge in [-0.25, -0.2) is 0 Å². The van der Waals surface area contributed by atoms with Crippen LogP contribution in [0.2, 0.25) is 0 Å². The molecule has 1 amide bonds. The fraction of sp³-hybridized carbons (Fsp3) is 0.136. The van der Waals surface area contributed by atoms with Crippen LogP contribution >= 0.6 is 0 Å². The van der Waals surface area contributed by atoms with Crippen molar-refractivity contribution in [1.82, 2.24) is 15.0 Å². The molecule has 1 aliphatic rings. The molecule has 30 heavy (non-hydrogen) atoms. The number of carbonyl (C=O) groups excluding carboxylic acids is 1. The molecule has 1 N–H and O–H groups in total. The predicted molar refractivity (Wildman–Crippen MR) is 111 cm³/mol. The zero-order valence-corrected chi connectivity index (χ0v) is 16.2. The zero-order valence-electron chi connectivity index (χ0n) is 16.2. The van der Waals surface area contributed by atoms with E-state index in [1.807, 2.05) is 30.3 Å². The van der Waals surface area contributed by atoms with Gasteiger partial charge in [-0.2, -0.15) is 4.80 Å². The fourth-order valence-corrected chi connectivity index (χ4v) is 3.21. The largest absolute Gasteiger partial charge is 0.497 e. The second-order valence-corrected chi connectivity index (χ2v) is 6.70. The molecule has 0 bridgehead atoms. The molecule has 0 spiro atoms. The molecule has 8 heteroatoms. The van der Waals surface area contributed by atoms with Crippen LogP contribution < -0.4 is 19.5 Å². The maximum Gasteiger partial charge on any atom is 0.255 e. The van der Waals surface area contributed by atoms with Crippen LogP contribution in [0.25, 0.3) is 16.7 Å². The molecule has 0 unspecified atom stereocenters. The normalized spacial score (nSPS) is 12.6. The Morgan fingerprint density at radius 3 is 2.50 bits per heavy atom. The number of hydrogen-bond acceptors (Lipinski definition) is 6. The van der Waals surface area contributed by atoms with Gasteiger partial charge in [-0.15, -0.1) is 10.2 Å². The summed E-state index contributed by atoms with van der Waals surface area (Å²) in [6.45, 7) is 0.981. The summed E-state index contributed by atoms with van der Waals surface area (Å²) in [5, 5.41) is 11.9. The Hall–Kier alpha value is -4.07. The molecule has 5 rings (SSSR count). The predicted octanol–water partition coefficient (Wildman–Crippen LogP) is 3.45. The molecule has 0 aliphatic carbocycles. The molecule has 3 aromatic carbocycles. The Balaban J connectivity index is 1.37. The minimum absolute atomic E-state index is 0.242. The van der Waals surface area contributed by atoms with Crippen LogP contribution in [0.15, 0.2) is 60.7 Å². The maximum atomic E-state index is 12.7. The van der Waals surface area contributed by atoms with Gasteiger partial charge >= 0.3 is 0 Å². The number of amides is 1. The average Bonchev–Trinajstić information content (AvgIpc) is 3.22. The van der Waals surface area contributed by atoms with Gasteiger partial charge in [0.2, 0.25) is 0 Å². The van der Waals surface area contributed by atoms with Crippen LogP contribution in [0.3, 0.4) is 0 Å². The molecular weight excluding hydrogens is 384 g/mol. The third kappa shape index (κ3) is 3.39. The van der Waals surface area contributed by atoms with E-state index in [0.717, 1.165) is 17.0 Å². The number of benzene rings is 3. The van der Waals surface area contributed by atoms with Crippen LogP contribution in [0.5, 0.6) is 17.2 Å². The van der Waals surface area contributed by atoms with Crippen molar-refractivity contribution in [3.05, 3.63) is 66.2 Å². The van der Waals surface area contributed by atoms with Gasteiger partial charge in [0, 0.05) is 11.3 Å². The fourth-order valence-electron chi connectivity index (χ4n) is 3.21. The summed E-state index contributed by atoms with van der Waals surface area (Å²) in [6, 6.07) is 18.0. The van der Waals surface area contributed by atoms with Crippen LogP contribution in [-0.4, -0.2) is 41.2 Å². The molecule has 0 radical (unpaired) electrons. The van der Waals surface area contributed by atoms with Gasteiger partial charge in [0.25, 0.3) is 5.91 Å². The van der Waals surface area contributed by atoms with Crippen molar-refractivity contribution in [3.63, 3.8) is 0 Å². The van der Waals surface area contributed by atoms with Crippen molar-refractivity contribution in [2.24, 2.45) is 0 Å². The Labute approximate surface area is 172 Å². The monoisotopic (exact) mass is 402 g/mol. The zero-order chi connectivity index (χ0) is 20.5. The molecule has 0 saturated carbocycles. The second kappa shape index (κ2) is 7.40. The number of nitrogens with one attached hydrogen (secondary N) is 1. The van der Waals surface area contributed by atoms with Crippen LogP contribution in [0.1, 0.15) is 10.4 Å². The Bertz CT molecular complexity index is 1230. The highest BCUT2D eigenvalue weighted by atomic mass is 16.6. The van der Waals surface area contributed by atoms with Crippen molar-refractivity contribution in [2.45, 2.75) is 0 Å². The van der Waals surface area contributed by atoms with Gasteiger partial charge in [-0.3, -0.25) is 4.79 Å². The van der Waals surface area contributed by atoms with Crippen LogP contribution in [0.4, 0.5) is 5.69 Å². The van der Waals surface area contributed by atoms with Crippen molar-refractivity contribution in [1.29, 1.82) is 0 Å². The van der Waals surface area contributed by atoms with Crippen molar-refractivity contribution in [3.8, 4) is 22.9 Å². The summed E-state index contributed by atoms with van der Waals surface area (Å²) >= 11 is 0. The topological polar surface area (TPSA) is 87.5 Å². The molecule has 1 aliphatic heterocycles. The number of aromatic nitrogens is 3. The van der Waals surface area contributed by atoms with Gasteiger partial charge < -0.3 is 19.5 Å². The number of ether oxygens (including phenoxy) is 3. The lowest BCUT2D eigenvalue weighted by Gasteiger charge is -2.18. The first-order valence-electron chi connectivity index (χ1n) is 9.42. The van der Waals surface area contributed by atoms with Gasteiger partial charge in [0.05, 0.1) is 12.8 Å². The van der Waals surface area contributed by atoms with E-state index in [2.05, 4.69) is 15.5 Å². The Kier molecular flexibility index (Phi) is 4.44. The lowest BCUT2D eigenvalue weighted by molar-refractivity contribution is 0.102. The average molecular weight is 402 g/mol. The number of methoxy groups -OCH3 is 1. The summed E-state index contributed by atoms with van der Waals surface area (Å²) in [5.41, 5.74) is 3.33. The summed E-state index contributed by atoms with van der Waals surface area (Å²) in [6.07, 6.45) is 0. The van der Waals surface area contributed by atoms with E-state index in [4.69, 9.17) is 14.2 Å². The van der Waals surface area contributed by atoms with Gasteiger partial charge in [0.1, 0.15) is 30.0 Å². The van der Waals surface area contributed by atoms with E-state index in [1.165, 1.54) is 0 Å². The molecular formula is C22H18N4O4. The smallest absolute Gasteiger partial charge is 0.255 e. The maximum absolute atomic E-state index is 12.7. The quantitative estimate of drug-likeness (QED) is 0.563. The molecule has 0 fully saturated rings. The molecule has 2 heterocycles. The van der Waals surface area contributed by atoms with Crippen LogP contribution in [0, 0.1) is 0 Å². The minimum atomic E-state index is -0.242. The summed E-state index contributed by atoms with van der Waals surface area (Å²) in [7, 11) is 1.62. The summed E-state index contributed by atoms with van der Waals surface area (Å²) in [4.78, 5) is 14.2. The molecule has 150 valence electrons. The van der Waals surface area contributed by atoms with E-state index >= 15 is 0 Å². The number of hydrogen-bond donors (Lipinski definition) is 1. The molecule has 1 aromatic heterocycles. The lowest BCUT2D eigenvalue weighted by Crippen LogP contribution is -2.17. The van der Waals surface area contributed by atoms with Gasteiger partial charge in [-0.1, -0.05) is 0 Å². The SMILES string of the molecule is COc1ccc(-n2nc3ccc(NC(=O)c4ccc5c(c4)OCCO5)cc3n2)cc1. The third-order valence-electron chi connectivity index (χ3n) is 4.75. The minimum Gasteiger partial charge on any atom is -0.497 e. The molecule has 8 nitrogen and oxygen atoms in total. The van der Waals surface area contributed by atoms with E-state index < -0.39 is 0 Å². The van der Waals surface area contributed by atoms with Crippen molar-refractivity contribution in [2.75, 3.05) is 25.6 Å². The number of carbonyl (C=O) groups is 1. The third-order valence-corrected chi connectivity index (χ3v) is 4.75. The number of rotatable bonds is 4. The number of fused-ring (bicyclic) bond motifs is 2. The first-order valence-corrected chi connectivity index (χ1v) is 9.42. The summed E-state index contributed by atoms with van der Waals surface area (Å²) < 4.78 is 16.2. The van der Waals surface area contributed by atoms with Crippen molar-refractivity contribution < 1.29 is 19.0 Å². The highest BCUT2D eigenvalue weighted by molar-refractivity contribution is 6.05. The van der Waals surface area contributed by atoms with E-state index in [1.54, 1.807) is 42.2 Å². The van der Waals surface area contributed by atoms with E-state index in [-0.39, 0.29) is 5.91 Å². The lowest BCUT2D eigenvalue weighted by atomic mass is 10.1. The number of nitrogens with zero attached hydrogens (tertiary/aromatic N) is 3. The standard InChI is InChI=1S/C22H18N4O4/c1-28-17-6-4-16(5-7-17)26-24-18-8-3-15(13-19(18)25-26)23-22(27)14-2-9-20-21(12-14)30-11-10-29-20/h2-9,12-13H,10-11H2,1H3,(H,23,27). The Morgan fingerprint density at radius 2 is 1.70 bits per heavy atom. The van der Waals surface area contributed by atoms with Gasteiger partial charge in [0.15, 0.2) is 11.5 Å².